The normalized spacial score (nSPS) is 52.4. The summed E-state index contributed by atoms with van der Waals surface area (Å²) in [6, 6.07) is 1.03. The van der Waals surface area contributed by atoms with Gasteiger partial charge in [-0.3, -0.25) is 4.90 Å². The zero-order valence-corrected chi connectivity index (χ0v) is 17.0. The van der Waals surface area contributed by atoms with Gasteiger partial charge in [0.1, 0.15) is 6.61 Å². The van der Waals surface area contributed by atoms with Gasteiger partial charge in [-0.25, -0.2) is 4.79 Å². The van der Waals surface area contributed by atoms with Crippen molar-refractivity contribution in [2.24, 2.45) is 35.5 Å². The van der Waals surface area contributed by atoms with Gasteiger partial charge < -0.3 is 15.2 Å². The molecular weight excluding hydrogens is 352 g/mol. The summed E-state index contributed by atoms with van der Waals surface area (Å²) in [6.07, 6.45) is 11.7. The number of nitrogens with zero attached hydrogens (tertiary/aromatic N) is 1. The van der Waals surface area contributed by atoms with E-state index in [0.29, 0.717) is 54.8 Å². The molecule has 0 aromatic rings. The van der Waals surface area contributed by atoms with Crippen LogP contribution in [-0.4, -0.2) is 46.9 Å². The maximum atomic E-state index is 12.4. The molecule has 2 bridgehead atoms. The third-order valence-electron chi connectivity index (χ3n) is 9.34. The standard InChI is InChI=1S/C23H34N2O3/c1-13-6-7-17-19(24-13)10-14-12-23(17,27)18-11-20(25-8-9-28-22(25)26)15-4-2-3-5-16(15)21(14)18/h11,13-19,21,24,27H,2-10,12H2,1H3/t13-,14-,15+,16+,17+,18+,19?,21-,23+/m1/s1. The lowest BCUT2D eigenvalue weighted by molar-refractivity contribution is -0.0869. The zero-order chi connectivity index (χ0) is 19.0. The van der Waals surface area contributed by atoms with E-state index >= 15 is 0 Å². The van der Waals surface area contributed by atoms with E-state index in [1.54, 1.807) is 0 Å². The highest BCUT2D eigenvalue weighted by atomic mass is 16.6. The lowest BCUT2D eigenvalue weighted by Crippen LogP contribution is -2.58. The lowest BCUT2D eigenvalue weighted by Gasteiger charge is -2.49. The molecule has 1 amide bonds. The van der Waals surface area contributed by atoms with Crippen LogP contribution in [-0.2, 0) is 4.74 Å². The van der Waals surface area contributed by atoms with Crippen molar-refractivity contribution in [1.82, 2.24) is 10.2 Å². The molecule has 9 atom stereocenters. The van der Waals surface area contributed by atoms with Crippen molar-refractivity contribution in [3.05, 3.63) is 11.8 Å². The second-order valence-electron chi connectivity index (χ2n) is 10.6. The Bertz CT molecular complexity index is 708. The number of nitrogens with one attached hydrogen (secondary N) is 1. The largest absolute Gasteiger partial charge is 0.447 e. The molecule has 6 rings (SSSR count). The molecule has 0 aromatic heterocycles. The Morgan fingerprint density at radius 1 is 1.25 bits per heavy atom. The molecule has 6 aliphatic rings. The Hall–Kier alpha value is -1.07. The maximum Gasteiger partial charge on any atom is 0.414 e. The molecule has 0 radical (unpaired) electrons. The fourth-order valence-electron chi connectivity index (χ4n) is 8.39. The SMILES string of the molecule is C[C@@H]1CC[C@H]2C(C[C@@H]3C[C@@]2(O)[C@H]2C=C(N4CCOC4=O)[C@H]4CCCC[C@@H]4[C@@H]32)N1. The maximum absolute atomic E-state index is 12.4. The van der Waals surface area contributed by atoms with Crippen LogP contribution in [0.1, 0.15) is 58.3 Å². The average Bonchev–Trinajstić information content (AvgIpc) is 3.20. The van der Waals surface area contributed by atoms with E-state index in [2.05, 4.69) is 18.3 Å². The number of amides is 1. The van der Waals surface area contributed by atoms with Crippen molar-refractivity contribution in [3.63, 3.8) is 0 Å². The van der Waals surface area contributed by atoms with E-state index in [9.17, 15) is 9.90 Å². The van der Waals surface area contributed by atoms with Gasteiger partial charge in [0, 0.05) is 35.5 Å². The number of cyclic esters (lactones) is 1. The van der Waals surface area contributed by atoms with Gasteiger partial charge in [0.25, 0.3) is 0 Å². The zero-order valence-electron chi connectivity index (χ0n) is 17.0. The molecule has 2 N–H and O–H groups in total. The monoisotopic (exact) mass is 386 g/mol. The molecule has 28 heavy (non-hydrogen) atoms. The molecule has 2 heterocycles. The van der Waals surface area contributed by atoms with Crippen LogP contribution in [0.5, 0.6) is 0 Å². The van der Waals surface area contributed by atoms with E-state index < -0.39 is 5.60 Å². The molecule has 5 fully saturated rings. The quantitative estimate of drug-likeness (QED) is 0.726. The van der Waals surface area contributed by atoms with Crippen LogP contribution in [0.3, 0.4) is 0 Å². The summed E-state index contributed by atoms with van der Waals surface area (Å²) >= 11 is 0. The summed E-state index contributed by atoms with van der Waals surface area (Å²) < 4.78 is 5.29. The van der Waals surface area contributed by atoms with Crippen molar-refractivity contribution in [2.75, 3.05) is 13.2 Å². The number of piperidine rings is 1. The molecule has 154 valence electrons. The smallest absolute Gasteiger partial charge is 0.414 e. The molecule has 5 heteroatoms. The van der Waals surface area contributed by atoms with Crippen LogP contribution >= 0.6 is 0 Å². The first kappa shape index (κ1) is 17.8. The minimum atomic E-state index is -0.595. The molecule has 0 spiro atoms. The van der Waals surface area contributed by atoms with E-state index in [0.717, 1.165) is 19.3 Å². The second-order valence-corrected chi connectivity index (χ2v) is 10.6. The minimum Gasteiger partial charge on any atom is -0.447 e. The summed E-state index contributed by atoms with van der Waals surface area (Å²) in [4.78, 5) is 14.3. The molecule has 2 aliphatic heterocycles. The Labute approximate surface area is 167 Å². The van der Waals surface area contributed by atoms with Crippen LogP contribution in [0.15, 0.2) is 11.8 Å². The third kappa shape index (κ3) is 2.35. The topological polar surface area (TPSA) is 61.8 Å². The molecular formula is C23H34N2O3. The van der Waals surface area contributed by atoms with Crippen molar-refractivity contribution < 1.29 is 14.6 Å². The number of carbonyl (C=O) groups excluding carboxylic acids is 1. The molecule has 1 unspecified atom stereocenters. The molecule has 2 saturated heterocycles. The summed E-state index contributed by atoms with van der Waals surface area (Å²) in [6.45, 7) is 3.47. The van der Waals surface area contributed by atoms with E-state index in [1.807, 2.05) is 4.90 Å². The van der Waals surface area contributed by atoms with Crippen LogP contribution in [0.2, 0.25) is 0 Å². The highest BCUT2D eigenvalue weighted by molar-refractivity contribution is 5.72. The number of ether oxygens (including phenoxy) is 1. The van der Waals surface area contributed by atoms with Crippen LogP contribution in [0.4, 0.5) is 4.79 Å². The number of hydrogen-bond acceptors (Lipinski definition) is 4. The van der Waals surface area contributed by atoms with Gasteiger partial charge >= 0.3 is 6.09 Å². The van der Waals surface area contributed by atoms with Gasteiger partial charge in [-0.2, -0.15) is 0 Å². The van der Waals surface area contributed by atoms with Crippen molar-refractivity contribution in [3.8, 4) is 0 Å². The van der Waals surface area contributed by atoms with Gasteiger partial charge in [0.2, 0.25) is 0 Å². The average molecular weight is 387 g/mol. The summed E-state index contributed by atoms with van der Waals surface area (Å²) in [5, 5.41) is 15.9. The Balaban J connectivity index is 1.42. The van der Waals surface area contributed by atoms with Gasteiger partial charge in [0.15, 0.2) is 0 Å². The Morgan fingerprint density at radius 3 is 2.93 bits per heavy atom. The lowest BCUT2D eigenvalue weighted by atomic mass is 9.61. The molecule has 0 aromatic carbocycles. The highest BCUT2D eigenvalue weighted by Crippen LogP contribution is 2.64. The Kier molecular flexibility index (Phi) is 3.94. The number of carbonyl (C=O) groups is 1. The van der Waals surface area contributed by atoms with Gasteiger partial charge in [-0.15, -0.1) is 0 Å². The van der Waals surface area contributed by atoms with Crippen LogP contribution in [0.25, 0.3) is 0 Å². The van der Waals surface area contributed by atoms with Gasteiger partial charge in [0.05, 0.1) is 12.1 Å². The van der Waals surface area contributed by atoms with Crippen molar-refractivity contribution in [1.29, 1.82) is 0 Å². The van der Waals surface area contributed by atoms with E-state index in [1.165, 1.54) is 37.8 Å². The molecule has 4 aliphatic carbocycles. The van der Waals surface area contributed by atoms with Gasteiger partial charge in [-0.1, -0.05) is 18.9 Å². The number of hydrogen-bond donors (Lipinski definition) is 2. The fourth-order valence-corrected chi connectivity index (χ4v) is 8.39. The summed E-state index contributed by atoms with van der Waals surface area (Å²) in [7, 11) is 0. The molecule has 3 saturated carbocycles. The first-order chi connectivity index (χ1) is 13.6. The van der Waals surface area contributed by atoms with Crippen molar-refractivity contribution in [2.45, 2.75) is 76.0 Å². The number of rotatable bonds is 1. The minimum absolute atomic E-state index is 0.173. The first-order valence-corrected chi connectivity index (χ1v) is 11.7. The fraction of sp³-hybridized carbons (Fsp3) is 0.870. The van der Waals surface area contributed by atoms with Crippen LogP contribution < -0.4 is 5.32 Å². The predicted octanol–water partition coefficient (Wildman–Crippen LogP) is 3.29. The Morgan fingerprint density at radius 2 is 2.11 bits per heavy atom. The third-order valence-corrected chi connectivity index (χ3v) is 9.34. The number of allylic oxidation sites excluding steroid dienone is 1. The van der Waals surface area contributed by atoms with Gasteiger partial charge in [-0.05, 0) is 63.2 Å². The van der Waals surface area contributed by atoms with Crippen molar-refractivity contribution >= 4 is 6.09 Å². The number of aliphatic hydroxyl groups is 1. The van der Waals surface area contributed by atoms with E-state index in [-0.39, 0.29) is 12.0 Å². The first-order valence-electron chi connectivity index (χ1n) is 11.7. The molecule has 5 nitrogen and oxygen atoms in total. The summed E-state index contributed by atoms with van der Waals surface area (Å²) in [5.41, 5.74) is 0.603. The van der Waals surface area contributed by atoms with Crippen LogP contribution in [0, 0.1) is 35.5 Å². The number of fused-ring (bicyclic) bond motifs is 9. The predicted molar refractivity (Wildman–Crippen MR) is 105 cm³/mol. The summed E-state index contributed by atoms with van der Waals surface area (Å²) in [5.74, 6) is 2.91. The van der Waals surface area contributed by atoms with E-state index in [4.69, 9.17) is 4.74 Å². The highest BCUT2D eigenvalue weighted by Gasteiger charge is 2.65. The second kappa shape index (κ2) is 6.21.